The number of ketones is 1. The fourth-order valence-corrected chi connectivity index (χ4v) is 9.11. The van der Waals surface area contributed by atoms with Crippen molar-refractivity contribution in [2.24, 2.45) is 28.6 Å². The number of aliphatic hydroxyl groups is 8. The van der Waals surface area contributed by atoms with E-state index in [1.165, 1.54) is 0 Å². The molecule has 1 radical (unpaired) electrons. The first kappa shape index (κ1) is 36.8. The first-order chi connectivity index (χ1) is 19.9. The Bertz CT molecular complexity index is 1180. The van der Waals surface area contributed by atoms with Crippen LogP contribution in [-0.4, -0.2) is 126 Å². The van der Waals surface area contributed by atoms with Gasteiger partial charge in [-0.05, 0) is 56.1 Å². The molecule has 0 amide bonds. The van der Waals surface area contributed by atoms with Crippen molar-refractivity contribution in [1.82, 2.24) is 0 Å². The van der Waals surface area contributed by atoms with Crippen molar-refractivity contribution in [2.75, 3.05) is 13.2 Å². The van der Waals surface area contributed by atoms with Gasteiger partial charge >= 0.3 is 5.97 Å². The molecule has 4 aliphatic carbocycles. The summed E-state index contributed by atoms with van der Waals surface area (Å²) in [6.07, 6.45) is -11.0. The Morgan fingerprint density at radius 3 is 2.25 bits per heavy atom. The zero-order valence-electron chi connectivity index (χ0n) is 25.8. The van der Waals surface area contributed by atoms with E-state index in [1.807, 2.05) is 0 Å². The third-order valence-corrected chi connectivity index (χ3v) is 11.9. The average Bonchev–Trinajstić information content (AvgIpc) is 2.94. The van der Waals surface area contributed by atoms with E-state index in [1.54, 1.807) is 34.6 Å². The Hall–Kier alpha value is -0.0784. The zero-order valence-corrected chi connectivity index (χ0v) is 30.5. The Balaban J connectivity index is 0.00000442. The van der Waals surface area contributed by atoms with Gasteiger partial charge < -0.3 is 55.1 Å². The number of Topliss-reactive ketones (excluding diaryl/α,β-unsaturated/α-hetero) is 1. The molecule has 0 aromatic carbocycles. The van der Waals surface area contributed by atoms with E-state index in [2.05, 4.69) is 0 Å². The maximum atomic E-state index is 14.7. The van der Waals surface area contributed by atoms with Gasteiger partial charge in [0.25, 0.3) is 0 Å². The summed E-state index contributed by atoms with van der Waals surface area (Å²) in [7, 11) is 0. The largest absolute Gasteiger partial charge is 0.448 e. The van der Waals surface area contributed by atoms with Crippen LogP contribution in [0.2, 0.25) is 0 Å². The van der Waals surface area contributed by atoms with Gasteiger partial charge in [0.05, 0.1) is 35.4 Å². The number of fused-ring (bicyclic) bond motifs is 5. The Kier molecular flexibility index (Phi) is 10.4. The molecule has 1 saturated heterocycles. The topological polar surface area (TPSA) is 224 Å². The van der Waals surface area contributed by atoms with Gasteiger partial charge in [-0.25, -0.2) is 4.79 Å². The van der Waals surface area contributed by atoms with Gasteiger partial charge in [-0.15, -0.1) is 0 Å². The smallest absolute Gasteiger partial charge is 0.333 e. The maximum Gasteiger partial charge on any atom is 0.333 e. The standard InChI is InChI=1S/C30H46O13.Ac/c1-12-15(32)9-30(40)13(2)24-28(5,17(33)8-14-6-7-29(14,24)39)25(38)23(19(12)27(30,3)4)43-18(34)11-41-26-22(37)21(36)20(35)16(10-31)42-26;/h13-17,20-24,26,31-33,35-37,39-40H,6-11H2,1-5H3;/t13-,14+,15?,16?,17?,20?,21?,22?,23?,24?,26?,28+,29-,30?;/m0./s1. The molecule has 2 bridgehead atoms. The molecule has 14 heteroatoms. The SMILES string of the molecule is CC1=C2C(OC(=O)COC3OC(CO)C(O)C(O)C3O)C(=O)[C@]3(C)C(O)C[C@H]4CC[C@@]4(O)C3[C@H](C)C(O)(CC1O)C2(C)C.[Ac]. The molecule has 1 aliphatic heterocycles. The summed E-state index contributed by atoms with van der Waals surface area (Å²) in [5.41, 5.74) is -5.34. The van der Waals surface area contributed by atoms with E-state index in [0.717, 1.165) is 0 Å². The first-order valence-electron chi connectivity index (χ1n) is 15.1. The summed E-state index contributed by atoms with van der Waals surface area (Å²) >= 11 is 0. The van der Waals surface area contributed by atoms with Crippen LogP contribution < -0.4 is 0 Å². The quantitative estimate of drug-likeness (QED) is 0.114. The summed E-state index contributed by atoms with van der Waals surface area (Å²) in [5, 5.41) is 86.8. The van der Waals surface area contributed by atoms with E-state index in [0.29, 0.717) is 18.4 Å². The number of carbonyl (C=O) groups is 2. The Morgan fingerprint density at radius 2 is 1.68 bits per heavy atom. The van der Waals surface area contributed by atoms with Gasteiger partial charge in [-0.1, -0.05) is 20.8 Å². The molecule has 4 fully saturated rings. The molecule has 3 saturated carbocycles. The number of esters is 1. The molecule has 5 rings (SSSR count). The van der Waals surface area contributed by atoms with Gasteiger partial charge in [0, 0.05) is 61.8 Å². The van der Waals surface area contributed by atoms with Crippen LogP contribution in [0.25, 0.3) is 0 Å². The molecule has 5 aliphatic rings. The molecule has 0 aromatic heterocycles. The van der Waals surface area contributed by atoms with Crippen LogP contribution in [0.5, 0.6) is 0 Å². The fraction of sp³-hybridized carbons (Fsp3) is 0.867. The summed E-state index contributed by atoms with van der Waals surface area (Å²) in [4.78, 5) is 28.0. The Labute approximate surface area is 292 Å². The van der Waals surface area contributed by atoms with Crippen LogP contribution in [-0.2, 0) is 23.8 Å². The van der Waals surface area contributed by atoms with Crippen molar-refractivity contribution in [1.29, 1.82) is 0 Å². The van der Waals surface area contributed by atoms with E-state index in [9.17, 15) is 50.4 Å². The molecule has 10 unspecified atom stereocenters. The normalized spacial score (nSPS) is 49.8. The van der Waals surface area contributed by atoms with Crippen LogP contribution >= 0.6 is 0 Å². The Morgan fingerprint density at radius 1 is 1.05 bits per heavy atom. The third kappa shape index (κ3) is 5.14. The van der Waals surface area contributed by atoms with Crippen molar-refractivity contribution in [3.63, 3.8) is 0 Å². The van der Waals surface area contributed by atoms with Gasteiger partial charge in [0.2, 0.25) is 0 Å². The van der Waals surface area contributed by atoms with Gasteiger partial charge in [-0.2, -0.15) is 0 Å². The zero-order chi connectivity index (χ0) is 32.0. The summed E-state index contributed by atoms with van der Waals surface area (Å²) in [6, 6.07) is 0. The van der Waals surface area contributed by atoms with Crippen molar-refractivity contribution < 1.29 is 109 Å². The number of aliphatic hydroxyl groups excluding tert-OH is 6. The van der Waals surface area contributed by atoms with Crippen LogP contribution in [0.1, 0.15) is 60.3 Å². The third-order valence-electron chi connectivity index (χ3n) is 11.9. The molecule has 0 spiro atoms. The number of hydrogen-bond donors (Lipinski definition) is 8. The molecule has 0 aromatic rings. The maximum absolute atomic E-state index is 14.7. The van der Waals surface area contributed by atoms with Crippen molar-refractivity contribution in [2.45, 2.75) is 121 Å². The second kappa shape index (κ2) is 12.4. The molecule has 8 N–H and O–H groups in total. The van der Waals surface area contributed by atoms with E-state index >= 15 is 0 Å². The van der Waals surface area contributed by atoms with Gasteiger partial charge in [-0.3, -0.25) is 4.79 Å². The minimum absolute atomic E-state index is 0. The van der Waals surface area contributed by atoms with Crippen LogP contribution in [0.4, 0.5) is 0 Å². The molecule has 14 atom stereocenters. The summed E-state index contributed by atoms with van der Waals surface area (Å²) in [6.45, 7) is 6.72. The monoisotopic (exact) mass is 841 g/mol. The first-order valence-corrected chi connectivity index (χ1v) is 15.1. The predicted molar refractivity (Wildman–Crippen MR) is 146 cm³/mol. The van der Waals surface area contributed by atoms with Crippen molar-refractivity contribution in [3.05, 3.63) is 11.1 Å². The van der Waals surface area contributed by atoms with Crippen molar-refractivity contribution >= 4 is 11.8 Å². The van der Waals surface area contributed by atoms with Crippen molar-refractivity contribution in [3.8, 4) is 0 Å². The summed E-state index contributed by atoms with van der Waals surface area (Å²) < 4.78 is 16.4. The van der Waals surface area contributed by atoms with Crippen LogP contribution in [0.3, 0.4) is 0 Å². The second-order valence-corrected chi connectivity index (χ2v) is 14.1. The van der Waals surface area contributed by atoms with Crippen LogP contribution in [0, 0.1) is 72.6 Å². The second-order valence-electron chi connectivity index (χ2n) is 14.1. The van der Waals surface area contributed by atoms with E-state index < -0.39 is 108 Å². The molecular weight excluding hydrogens is 795 g/mol. The van der Waals surface area contributed by atoms with E-state index in [-0.39, 0.29) is 68.4 Å². The van der Waals surface area contributed by atoms with Gasteiger partial charge in [0.15, 0.2) is 18.2 Å². The molecule has 44 heavy (non-hydrogen) atoms. The average molecular weight is 842 g/mol. The molecule has 1 heterocycles. The minimum atomic E-state index is -1.77. The van der Waals surface area contributed by atoms with Crippen LogP contribution in [0.15, 0.2) is 11.1 Å². The number of hydrogen-bond acceptors (Lipinski definition) is 13. The fourth-order valence-electron chi connectivity index (χ4n) is 9.11. The number of rotatable bonds is 5. The molecule has 247 valence electrons. The summed E-state index contributed by atoms with van der Waals surface area (Å²) in [5.74, 6) is -3.70. The van der Waals surface area contributed by atoms with Gasteiger partial charge in [0.1, 0.15) is 31.0 Å². The molecular formula is C30H46AcO13. The molecule has 13 nitrogen and oxygen atoms in total. The predicted octanol–water partition coefficient (Wildman–Crippen LogP) is -1.70. The number of ether oxygens (including phenoxy) is 3. The number of carbonyl (C=O) groups excluding carboxylic acids is 2. The van der Waals surface area contributed by atoms with E-state index in [4.69, 9.17) is 14.2 Å². The minimum Gasteiger partial charge on any atom is -0.448 e.